The number of hydrogen-bond acceptors (Lipinski definition) is 2. The molecule has 0 aliphatic carbocycles. The Morgan fingerprint density at radius 2 is 1.85 bits per heavy atom. The number of anilines is 1. The maximum atomic E-state index is 12.0. The molecule has 3 heteroatoms. The van der Waals surface area contributed by atoms with Crippen LogP contribution in [0.4, 0.5) is 5.69 Å². The molecule has 0 bridgehead atoms. The SMILES string of the molecule is CCCCC(=O)N1CCN(c2ccc(C)cc2C)CC1. The lowest BCUT2D eigenvalue weighted by atomic mass is 10.1. The van der Waals surface area contributed by atoms with Gasteiger partial charge in [0.05, 0.1) is 0 Å². The van der Waals surface area contributed by atoms with Crippen molar-refractivity contribution in [2.24, 2.45) is 0 Å². The molecule has 2 rings (SSSR count). The average Bonchev–Trinajstić information content (AvgIpc) is 2.45. The predicted molar refractivity (Wildman–Crippen MR) is 84.2 cm³/mol. The summed E-state index contributed by atoms with van der Waals surface area (Å²) in [7, 11) is 0. The van der Waals surface area contributed by atoms with Crippen LogP contribution in [0.25, 0.3) is 0 Å². The van der Waals surface area contributed by atoms with Crippen LogP contribution in [0, 0.1) is 13.8 Å². The van der Waals surface area contributed by atoms with Crippen molar-refractivity contribution in [3.63, 3.8) is 0 Å². The third-order valence-corrected chi connectivity index (χ3v) is 4.07. The molecular weight excluding hydrogens is 248 g/mol. The topological polar surface area (TPSA) is 23.6 Å². The van der Waals surface area contributed by atoms with Crippen molar-refractivity contribution in [1.82, 2.24) is 4.90 Å². The van der Waals surface area contributed by atoms with E-state index in [4.69, 9.17) is 0 Å². The molecular formula is C17H26N2O. The lowest BCUT2D eigenvalue weighted by Gasteiger charge is -2.37. The van der Waals surface area contributed by atoms with E-state index in [0.717, 1.165) is 39.0 Å². The predicted octanol–water partition coefficient (Wildman–Crippen LogP) is 3.14. The van der Waals surface area contributed by atoms with Gasteiger partial charge in [-0.3, -0.25) is 4.79 Å². The van der Waals surface area contributed by atoms with Crippen LogP contribution in [0.5, 0.6) is 0 Å². The fourth-order valence-corrected chi connectivity index (χ4v) is 2.84. The van der Waals surface area contributed by atoms with Gasteiger partial charge in [-0.15, -0.1) is 0 Å². The van der Waals surface area contributed by atoms with Crippen molar-refractivity contribution in [1.29, 1.82) is 0 Å². The first kappa shape index (κ1) is 14.9. The number of rotatable bonds is 4. The van der Waals surface area contributed by atoms with E-state index in [0.29, 0.717) is 12.3 Å². The molecule has 0 unspecified atom stereocenters. The van der Waals surface area contributed by atoms with Crippen LogP contribution in [0.3, 0.4) is 0 Å². The zero-order valence-electron chi connectivity index (χ0n) is 13.0. The summed E-state index contributed by atoms with van der Waals surface area (Å²) in [4.78, 5) is 16.4. The first-order valence-electron chi connectivity index (χ1n) is 7.71. The minimum Gasteiger partial charge on any atom is -0.368 e. The number of carbonyl (C=O) groups excluding carboxylic acids is 1. The standard InChI is InChI=1S/C17H26N2O/c1-4-5-6-17(20)19-11-9-18(10-12-19)16-8-7-14(2)13-15(16)3/h7-8,13H,4-6,9-12H2,1-3H3. The number of aryl methyl sites for hydroxylation is 2. The van der Waals surface area contributed by atoms with Crippen LogP contribution in [-0.2, 0) is 4.79 Å². The van der Waals surface area contributed by atoms with E-state index in [-0.39, 0.29) is 0 Å². The molecule has 0 spiro atoms. The zero-order valence-corrected chi connectivity index (χ0v) is 13.0. The van der Waals surface area contributed by atoms with Gasteiger partial charge in [0, 0.05) is 38.3 Å². The molecule has 1 amide bonds. The van der Waals surface area contributed by atoms with Crippen LogP contribution in [0.1, 0.15) is 37.3 Å². The molecule has 1 saturated heterocycles. The highest BCUT2D eigenvalue weighted by atomic mass is 16.2. The minimum absolute atomic E-state index is 0.326. The number of piperazine rings is 1. The van der Waals surface area contributed by atoms with Crippen LogP contribution in [-0.4, -0.2) is 37.0 Å². The molecule has 1 fully saturated rings. The van der Waals surface area contributed by atoms with Gasteiger partial charge >= 0.3 is 0 Å². The first-order valence-corrected chi connectivity index (χ1v) is 7.71. The summed E-state index contributed by atoms with van der Waals surface area (Å²) < 4.78 is 0. The molecule has 1 heterocycles. The second-order valence-electron chi connectivity index (χ2n) is 5.76. The van der Waals surface area contributed by atoms with Gasteiger partial charge in [0.1, 0.15) is 0 Å². The summed E-state index contributed by atoms with van der Waals surface area (Å²) in [6, 6.07) is 6.61. The monoisotopic (exact) mass is 274 g/mol. The summed E-state index contributed by atoms with van der Waals surface area (Å²) in [5.41, 5.74) is 3.95. The maximum Gasteiger partial charge on any atom is 0.222 e. The largest absolute Gasteiger partial charge is 0.368 e. The summed E-state index contributed by atoms with van der Waals surface area (Å²) in [5, 5.41) is 0. The summed E-state index contributed by atoms with van der Waals surface area (Å²) >= 11 is 0. The van der Waals surface area contributed by atoms with E-state index >= 15 is 0 Å². The third kappa shape index (κ3) is 3.53. The Bertz CT molecular complexity index is 462. The van der Waals surface area contributed by atoms with Crippen LogP contribution in [0.2, 0.25) is 0 Å². The fourth-order valence-electron chi connectivity index (χ4n) is 2.84. The van der Waals surface area contributed by atoms with Crippen molar-refractivity contribution >= 4 is 11.6 Å². The smallest absolute Gasteiger partial charge is 0.222 e. The van der Waals surface area contributed by atoms with Crippen molar-refractivity contribution < 1.29 is 4.79 Å². The molecule has 20 heavy (non-hydrogen) atoms. The Morgan fingerprint density at radius 1 is 1.15 bits per heavy atom. The van der Waals surface area contributed by atoms with Gasteiger partial charge in [0.2, 0.25) is 5.91 Å². The summed E-state index contributed by atoms with van der Waals surface area (Å²) in [6.07, 6.45) is 2.81. The molecule has 0 N–H and O–H groups in total. The molecule has 3 nitrogen and oxygen atoms in total. The zero-order chi connectivity index (χ0) is 14.5. The molecule has 1 aromatic carbocycles. The molecule has 1 aromatic rings. The molecule has 0 radical (unpaired) electrons. The van der Waals surface area contributed by atoms with Crippen LogP contribution >= 0.6 is 0 Å². The highest BCUT2D eigenvalue weighted by Gasteiger charge is 2.21. The highest BCUT2D eigenvalue weighted by Crippen LogP contribution is 2.22. The Kier molecular flexibility index (Phi) is 5.05. The number of amides is 1. The number of benzene rings is 1. The highest BCUT2D eigenvalue weighted by molar-refractivity contribution is 5.76. The minimum atomic E-state index is 0.326. The Morgan fingerprint density at radius 3 is 2.45 bits per heavy atom. The van der Waals surface area contributed by atoms with E-state index in [2.05, 4.69) is 43.9 Å². The van der Waals surface area contributed by atoms with E-state index in [1.54, 1.807) is 0 Å². The Labute approximate surface area is 122 Å². The first-order chi connectivity index (χ1) is 9.61. The maximum absolute atomic E-state index is 12.0. The average molecular weight is 274 g/mol. The fraction of sp³-hybridized carbons (Fsp3) is 0.588. The second-order valence-corrected chi connectivity index (χ2v) is 5.76. The molecule has 0 saturated carbocycles. The van der Waals surface area contributed by atoms with Gasteiger partial charge in [-0.1, -0.05) is 31.0 Å². The lowest BCUT2D eigenvalue weighted by Crippen LogP contribution is -2.48. The van der Waals surface area contributed by atoms with Gasteiger partial charge in [-0.2, -0.15) is 0 Å². The number of carbonyl (C=O) groups is 1. The molecule has 110 valence electrons. The lowest BCUT2D eigenvalue weighted by molar-refractivity contribution is -0.131. The quantitative estimate of drug-likeness (QED) is 0.842. The van der Waals surface area contributed by atoms with Gasteiger partial charge in [-0.25, -0.2) is 0 Å². The molecule has 1 aliphatic heterocycles. The third-order valence-electron chi connectivity index (χ3n) is 4.07. The van der Waals surface area contributed by atoms with Crippen LogP contribution in [0.15, 0.2) is 18.2 Å². The number of hydrogen-bond donors (Lipinski definition) is 0. The number of unbranched alkanes of at least 4 members (excludes halogenated alkanes) is 1. The van der Waals surface area contributed by atoms with E-state index in [9.17, 15) is 4.79 Å². The van der Waals surface area contributed by atoms with Gasteiger partial charge in [0.15, 0.2) is 0 Å². The van der Waals surface area contributed by atoms with Crippen molar-refractivity contribution in [2.45, 2.75) is 40.0 Å². The summed E-state index contributed by atoms with van der Waals surface area (Å²) in [6.45, 7) is 10.0. The van der Waals surface area contributed by atoms with Crippen molar-refractivity contribution in [3.8, 4) is 0 Å². The number of nitrogens with zero attached hydrogens (tertiary/aromatic N) is 2. The Balaban J connectivity index is 1.92. The molecule has 0 aromatic heterocycles. The Hall–Kier alpha value is -1.51. The molecule has 1 aliphatic rings. The molecule has 0 atom stereocenters. The second kappa shape index (κ2) is 6.78. The van der Waals surface area contributed by atoms with Gasteiger partial charge in [-0.05, 0) is 31.9 Å². The van der Waals surface area contributed by atoms with Gasteiger partial charge < -0.3 is 9.80 Å². The summed E-state index contributed by atoms with van der Waals surface area (Å²) in [5.74, 6) is 0.326. The van der Waals surface area contributed by atoms with E-state index in [1.165, 1.54) is 16.8 Å². The van der Waals surface area contributed by atoms with Gasteiger partial charge in [0.25, 0.3) is 0 Å². The van der Waals surface area contributed by atoms with E-state index in [1.807, 2.05) is 4.90 Å². The van der Waals surface area contributed by atoms with E-state index < -0.39 is 0 Å². The van der Waals surface area contributed by atoms with Crippen molar-refractivity contribution in [3.05, 3.63) is 29.3 Å². The van der Waals surface area contributed by atoms with Crippen LogP contribution < -0.4 is 4.90 Å². The van der Waals surface area contributed by atoms with Crippen molar-refractivity contribution in [2.75, 3.05) is 31.1 Å². The normalized spacial score (nSPS) is 15.6.